The minimum Gasteiger partial charge on any atom is -0.481 e. The zero-order valence-corrected chi connectivity index (χ0v) is 12.3. The number of carboxylic acid groups (broad SMARTS) is 1. The molecule has 1 aromatic heterocycles. The van der Waals surface area contributed by atoms with Gasteiger partial charge in [0.15, 0.2) is 0 Å². The summed E-state index contributed by atoms with van der Waals surface area (Å²) in [6.45, 7) is 0.230. The number of aliphatic carboxylic acids is 1. The van der Waals surface area contributed by atoms with Crippen molar-refractivity contribution in [2.45, 2.75) is 19.4 Å². The Labute approximate surface area is 132 Å². The second-order valence-electron chi connectivity index (χ2n) is 4.79. The number of carbonyl (C=O) groups is 2. The smallest absolute Gasteiger partial charge is 0.315 e. The first-order chi connectivity index (χ1) is 11.1. The fourth-order valence-corrected chi connectivity index (χ4v) is 2.02. The molecule has 8 heteroatoms. The molecule has 23 heavy (non-hydrogen) atoms. The number of rotatable bonds is 7. The zero-order valence-electron chi connectivity index (χ0n) is 12.3. The maximum atomic E-state index is 14.0. The highest BCUT2D eigenvalue weighted by atomic mass is 19.1. The van der Waals surface area contributed by atoms with Crippen LogP contribution in [0.25, 0.3) is 5.69 Å². The van der Waals surface area contributed by atoms with Gasteiger partial charge in [0.1, 0.15) is 5.82 Å². The average molecular weight is 320 g/mol. The Morgan fingerprint density at radius 3 is 2.78 bits per heavy atom. The van der Waals surface area contributed by atoms with Crippen molar-refractivity contribution in [2.24, 2.45) is 0 Å². The third-order valence-electron chi connectivity index (χ3n) is 3.12. The normalized spacial score (nSPS) is 10.3. The van der Waals surface area contributed by atoms with Crippen molar-refractivity contribution in [3.63, 3.8) is 0 Å². The number of nitrogens with one attached hydrogen (secondary N) is 2. The van der Waals surface area contributed by atoms with Crippen molar-refractivity contribution in [3.05, 3.63) is 48.0 Å². The lowest BCUT2D eigenvalue weighted by molar-refractivity contribution is -0.137. The van der Waals surface area contributed by atoms with Gasteiger partial charge >= 0.3 is 12.0 Å². The van der Waals surface area contributed by atoms with E-state index in [9.17, 15) is 14.0 Å². The second kappa shape index (κ2) is 7.92. The maximum Gasteiger partial charge on any atom is 0.315 e. The van der Waals surface area contributed by atoms with Crippen LogP contribution in [0.2, 0.25) is 0 Å². The minimum absolute atomic E-state index is 0.00731. The van der Waals surface area contributed by atoms with Crippen molar-refractivity contribution in [1.82, 2.24) is 20.4 Å². The third-order valence-corrected chi connectivity index (χ3v) is 3.12. The lowest BCUT2D eigenvalue weighted by Gasteiger charge is -2.12. The predicted molar refractivity (Wildman–Crippen MR) is 80.6 cm³/mol. The van der Waals surface area contributed by atoms with Gasteiger partial charge < -0.3 is 15.7 Å². The minimum atomic E-state index is -0.914. The van der Waals surface area contributed by atoms with E-state index in [2.05, 4.69) is 15.7 Å². The Morgan fingerprint density at radius 1 is 1.26 bits per heavy atom. The Kier molecular flexibility index (Phi) is 5.67. The first-order valence-corrected chi connectivity index (χ1v) is 7.09. The largest absolute Gasteiger partial charge is 0.481 e. The molecule has 0 saturated carbocycles. The number of hydrogen-bond acceptors (Lipinski definition) is 3. The summed E-state index contributed by atoms with van der Waals surface area (Å²) in [5.74, 6) is -1.35. The molecule has 1 heterocycles. The SMILES string of the molecule is O=C(O)CCCNC(=O)NCc1c(F)cccc1-n1cccn1. The Morgan fingerprint density at radius 2 is 2.09 bits per heavy atom. The van der Waals surface area contributed by atoms with Gasteiger partial charge in [-0.15, -0.1) is 0 Å². The van der Waals surface area contributed by atoms with Crippen molar-refractivity contribution in [2.75, 3.05) is 6.54 Å². The summed E-state index contributed by atoms with van der Waals surface area (Å²) in [6.07, 6.45) is 3.58. The summed E-state index contributed by atoms with van der Waals surface area (Å²) in [4.78, 5) is 22.0. The predicted octanol–water partition coefficient (Wildman–Crippen LogP) is 1.68. The molecule has 1 aromatic carbocycles. The Balaban J connectivity index is 1.93. The fourth-order valence-electron chi connectivity index (χ4n) is 2.02. The monoisotopic (exact) mass is 320 g/mol. The third kappa shape index (κ3) is 4.80. The molecule has 2 rings (SSSR count). The van der Waals surface area contributed by atoms with Crippen LogP contribution in [0, 0.1) is 5.82 Å². The average Bonchev–Trinajstić information content (AvgIpc) is 3.04. The van der Waals surface area contributed by atoms with E-state index >= 15 is 0 Å². The van der Waals surface area contributed by atoms with Gasteiger partial charge in [-0.2, -0.15) is 5.10 Å². The van der Waals surface area contributed by atoms with Crippen molar-refractivity contribution in [3.8, 4) is 5.69 Å². The number of hydrogen-bond donors (Lipinski definition) is 3. The lowest BCUT2D eigenvalue weighted by Crippen LogP contribution is -2.36. The fraction of sp³-hybridized carbons (Fsp3) is 0.267. The van der Waals surface area contributed by atoms with Gasteiger partial charge in [-0.1, -0.05) is 6.07 Å². The number of nitrogens with zero attached hydrogens (tertiary/aromatic N) is 2. The highest BCUT2D eigenvalue weighted by molar-refractivity contribution is 5.74. The van der Waals surface area contributed by atoms with Crippen LogP contribution in [0.1, 0.15) is 18.4 Å². The van der Waals surface area contributed by atoms with Crippen LogP contribution in [0.5, 0.6) is 0 Å². The molecule has 0 spiro atoms. The quantitative estimate of drug-likeness (QED) is 0.676. The van der Waals surface area contributed by atoms with Crippen LogP contribution in [-0.2, 0) is 11.3 Å². The molecule has 0 radical (unpaired) electrons. The highest BCUT2D eigenvalue weighted by Gasteiger charge is 2.11. The lowest BCUT2D eigenvalue weighted by atomic mass is 10.1. The molecule has 0 fully saturated rings. The van der Waals surface area contributed by atoms with Gasteiger partial charge in [0.2, 0.25) is 0 Å². The first kappa shape index (κ1) is 16.5. The number of benzene rings is 1. The van der Waals surface area contributed by atoms with E-state index in [4.69, 9.17) is 5.11 Å². The Hall–Kier alpha value is -2.90. The molecule has 2 aromatic rings. The summed E-state index contributed by atoms with van der Waals surface area (Å²) >= 11 is 0. The summed E-state index contributed by atoms with van der Waals surface area (Å²) in [5, 5.41) is 17.6. The molecule has 0 atom stereocenters. The molecule has 0 saturated heterocycles. The van der Waals surface area contributed by atoms with Gasteiger partial charge in [0.05, 0.1) is 5.69 Å². The molecule has 2 amide bonds. The molecule has 0 aliphatic carbocycles. The van der Waals surface area contributed by atoms with Crippen LogP contribution >= 0.6 is 0 Å². The van der Waals surface area contributed by atoms with E-state index in [1.807, 2.05) is 0 Å². The molecule has 7 nitrogen and oxygen atoms in total. The Bertz CT molecular complexity index is 673. The summed E-state index contributed by atoms with van der Waals surface area (Å²) in [5.41, 5.74) is 0.859. The summed E-state index contributed by atoms with van der Waals surface area (Å²) in [7, 11) is 0. The van der Waals surface area contributed by atoms with Crippen LogP contribution in [0.4, 0.5) is 9.18 Å². The molecule has 0 aliphatic heterocycles. The van der Waals surface area contributed by atoms with Crippen molar-refractivity contribution >= 4 is 12.0 Å². The van der Waals surface area contributed by atoms with Crippen molar-refractivity contribution in [1.29, 1.82) is 0 Å². The number of halogens is 1. The van der Waals surface area contributed by atoms with Gasteiger partial charge in [0, 0.05) is 37.5 Å². The van der Waals surface area contributed by atoms with Crippen LogP contribution in [-0.4, -0.2) is 33.4 Å². The molecular weight excluding hydrogens is 303 g/mol. The van der Waals surface area contributed by atoms with E-state index in [-0.39, 0.29) is 19.5 Å². The number of urea groups is 1. The zero-order chi connectivity index (χ0) is 16.7. The first-order valence-electron chi connectivity index (χ1n) is 7.09. The molecular formula is C15H17FN4O3. The molecule has 122 valence electrons. The van der Waals surface area contributed by atoms with Crippen LogP contribution in [0.3, 0.4) is 0 Å². The van der Waals surface area contributed by atoms with E-state index in [1.54, 1.807) is 30.6 Å². The van der Waals surface area contributed by atoms with Crippen LogP contribution < -0.4 is 10.6 Å². The number of aromatic nitrogens is 2. The van der Waals surface area contributed by atoms with Gasteiger partial charge in [-0.05, 0) is 24.6 Å². The molecule has 0 unspecified atom stereocenters. The molecule has 0 bridgehead atoms. The van der Waals surface area contributed by atoms with E-state index < -0.39 is 17.8 Å². The highest BCUT2D eigenvalue weighted by Crippen LogP contribution is 2.17. The summed E-state index contributed by atoms with van der Waals surface area (Å²) in [6, 6.07) is 5.83. The van der Waals surface area contributed by atoms with E-state index in [0.29, 0.717) is 17.7 Å². The number of carboxylic acids is 1. The van der Waals surface area contributed by atoms with Gasteiger partial charge in [-0.25, -0.2) is 13.9 Å². The standard InChI is InChI=1S/C15H17FN4O3/c16-12-4-1-5-13(20-9-3-8-19-20)11(12)10-18-15(23)17-7-2-6-14(21)22/h1,3-5,8-9H,2,6-7,10H2,(H,21,22)(H2,17,18,23). The maximum absolute atomic E-state index is 14.0. The topological polar surface area (TPSA) is 96.3 Å². The molecule has 0 aliphatic rings. The number of amides is 2. The van der Waals surface area contributed by atoms with E-state index in [1.165, 1.54) is 10.7 Å². The van der Waals surface area contributed by atoms with Gasteiger partial charge in [0.25, 0.3) is 0 Å². The van der Waals surface area contributed by atoms with Gasteiger partial charge in [-0.3, -0.25) is 4.79 Å². The van der Waals surface area contributed by atoms with Crippen LogP contribution in [0.15, 0.2) is 36.7 Å². The summed E-state index contributed by atoms with van der Waals surface area (Å²) < 4.78 is 15.5. The second-order valence-corrected chi connectivity index (χ2v) is 4.79. The number of carbonyl (C=O) groups excluding carboxylic acids is 1. The van der Waals surface area contributed by atoms with Crippen molar-refractivity contribution < 1.29 is 19.1 Å². The van der Waals surface area contributed by atoms with E-state index in [0.717, 1.165) is 0 Å². The molecule has 3 N–H and O–H groups in total.